The van der Waals surface area contributed by atoms with Crippen LogP contribution >= 0.6 is 0 Å². The molecule has 0 amide bonds. The Bertz CT molecular complexity index is 745. The number of rotatable bonds is 3. The zero-order valence-electron chi connectivity index (χ0n) is 12.3. The number of hydrogen-bond donors (Lipinski definition) is 1. The van der Waals surface area contributed by atoms with Crippen LogP contribution in [0, 0.1) is 0 Å². The van der Waals surface area contributed by atoms with E-state index in [1.807, 2.05) is 0 Å². The first-order chi connectivity index (χ1) is 9.56. The van der Waals surface area contributed by atoms with Crippen LogP contribution in [0.15, 0.2) is 28.0 Å². The Morgan fingerprint density at radius 3 is 2.00 bits per heavy atom. The van der Waals surface area contributed by atoms with Gasteiger partial charge in [-0.05, 0) is 24.5 Å². The average Bonchev–Trinajstić information content (AvgIpc) is 2.37. The predicted molar refractivity (Wildman–Crippen MR) is 81.6 cm³/mol. The van der Waals surface area contributed by atoms with E-state index in [2.05, 4.69) is 0 Å². The van der Waals surface area contributed by atoms with E-state index < -0.39 is 25.2 Å². The highest BCUT2D eigenvalue weighted by Gasteiger charge is 2.36. The molecule has 118 valence electrons. The molecular weight excluding hydrogens is 310 g/mol. The molecule has 0 aromatic heterocycles. The normalized spacial score (nSPS) is 19.4. The fourth-order valence-corrected chi connectivity index (χ4v) is 5.82. The Morgan fingerprint density at radius 2 is 1.52 bits per heavy atom. The minimum atomic E-state index is -3.69. The second kappa shape index (κ2) is 5.37. The van der Waals surface area contributed by atoms with Gasteiger partial charge in [0.1, 0.15) is 0 Å². The summed E-state index contributed by atoms with van der Waals surface area (Å²) < 4.78 is 48.2. The third-order valence-corrected chi connectivity index (χ3v) is 6.48. The molecule has 0 spiro atoms. The molecule has 0 saturated heterocycles. The van der Waals surface area contributed by atoms with Crippen LogP contribution in [0.1, 0.15) is 37.7 Å². The first-order valence-corrected chi connectivity index (χ1v) is 10.7. The van der Waals surface area contributed by atoms with Gasteiger partial charge in [0.25, 0.3) is 0 Å². The highest BCUT2D eigenvalue weighted by molar-refractivity contribution is 7.93. The summed E-state index contributed by atoms with van der Waals surface area (Å²) >= 11 is 0. The summed E-state index contributed by atoms with van der Waals surface area (Å²) in [4.78, 5) is -0.283. The molecule has 7 heteroatoms. The first-order valence-electron chi connectivity index (χ1n) is 6.88. The molecule has 1 aromatic rings. The lowest BCUT2D eigenvalue weighted by Crippen LogP contribution is -2.40. The molecule has 5 nitrogen and oxygen atoms in total. The zero-order valence-corrected chi connectivity index (χ0v) is 13.9. The molecule has 0 radical (unpaired) electrons. The summed E-state index contributed by atoms with van der Waals surface area (Å²) in [5.41, 5.74) is 6.10. The predicted octanol–water partition coefficient (Wildman–Crippen LogP) is 1.61. The van der Waals surface area contributed by atoms with Gasteiger partial charge in [0, 0.05) is 18.1 Å². The van der Waals surface area contributed by atoms with Crippen LogP contribution in [0.5, 0.6) is 0 Å². The minimum Gasteiger partial charge on any atom is -0.321 e. The van der Waals surface area contributed by atoms with Gasteiger partial charge in [0.2, 0.25) is 0 Å². The van der Waals surface area contributed by atoms with Crippen LogP contribution in [0.25, 0.3) is 0 Å². The number of sulfone groups is 2. The van der Waals surface area contributed by atoms with Gasteiger partial charge < -0.3 is 5.73 Å². The SMILES string of the molecule is CS(=O)(=O)c1cccc(C2(N)CCCCC2)c1S(C)(=O)=O. The average molecular weight is 331 g/mol. The monoisotopic (exact) mass is 331 g/mol. The van der Waals surface area contributed by atoms with Crippen molar-refractivity contribution < 1.29 is 16.8 Å². The molecule has 1 fully saturated rings. The summed E-state index contributed by atoms with van der Waals surface area (Å²) in [7, 11) is -7.33. The summed E-state index contributed by atoms with van der Waals surface area (Å²) in [6.07, 6.45) is 6.30. The van der Waals surface area contributed by atoms with Crippen molar-refractivity contribution in [3.63, 3.8) is 0 Å². The lowest BCUT2D eigenvalue weighted by atomic mass is 9.77. The van der Waals surface area contributed by atoms with E-state index in [0.29, 0.717) is 18.4 Å². The van der Waals surface area contributed by atoms with Crippen molar-refractivity contribution in [2.24, 2.45) is 5.73 Å². The number of benzene rings is 1. The standard InChI is InChI=1S/C14H21NO4S2/c1-20(16,17)12-8-6-7-11(13(12)21(2,18)19)14(15)9-4-3-5-10-14/h6-8H,3-5,9-10,15H2,1-2H3. The third-order valence-electron chi connectivity index (χ3n) is 4.03. The van der Waals surface area contributed by atoms with Crippen molar-refractivity contribution in [2.75, 3.05) is 12.5 Å². The van der Waals surface area contributed by atoms with Gasteiger partial charge in [-0.1, -0.05) is 31.4 Å². The molecule has 0 bridgehead atoms. The van der Waals surface area contributed by atoms with Crippen molar-refractivity contribution in [3.8, 4) is 0 Å². The molecule has 1 saturated carbocycles. The summed E-state index contributed by atoms with van der Waals surface area (Å²) in [6, 6.07) is 4.56. The maximum Gasteiger partial charge on any atom is 0.177 e. The fourth-order valence-electron chi connectivity index (χ4n) is 3.03. The van der Waals surface area contributed by atoms with Crippen LogP contribution in [-0.4, -0.2) is 29.3 Å². The van der Waals surface area contributed by atoms with Crippen LogP contribution < -0.4 is 5.73 Å². The van der Waals surface area contributed by atoms with E-state index in [-0.39, 0.29) is 9.79 Å². The maximum atomic E-state index is 12.2. The first kappa shape index (κ1) is 16.5. The van der Waals surface area contributed by atoms with Crippen molar-refractivity contribution in [1.82, 2.24) is 0 Å². The van der Waals surface area contributed by atoms with Gasteiger partial charge in [-0.3, -0.25) is 0 Å². The topological polar surface area (TPSA) is 94.3 Å². The molecule has 0 aliphatic heterocycles. The fraction of sp³-hybridized carbons (Fsp3) is 0.571. The van der Waals surface area contributed by atoms with Crippen molar-refractivity contribution in [3.05, 3.63) is 23.8 Å². The Balaban J connectivity index is 2.79. The molecule has 0 unspecified atom stereocenters. The lowest BCUT2D eigenvalue weighted by molar-refractivity contribution is 0.296. The minimum absolute atomic E-state index is 0.128. The van der Waals surface area contributed by atoms with Crippen LogP contribution in [0.3, 0.4) is 0 Å². The van der Waals surface area contributed by atoms with Crippen LogP contribution in [0.4, 0.5) is 0 Å². The molecule has 2 rings (SSSR count). The van der Waals surface area contributed by atoms with E-state index in [9.17, 15) is 16.8 Å². The number of hydrogen-bond acceptors (Lipinski definition) is 5. The quantitative estimate of drug-likeness (QED) is 0.908. The van der Waals surface area contributed by atoms with Gasteiger partial charge >= 0.3 is 0 Å². The molecule has 0 atom stereocenters. The Hall–Kier alpha value is -0.920. The van der Waals surface area contributed by atoms with E-state index >= 15 is 0 Å². The van der Waals surface area contributed by atoms with Crippen molar-refractivity contribution in [2.45, 2.75) is 47.4 Å². The van der Waals surface area contributed by atoms with E-state index in [1.54, 1.807) is 12.1 Å². The molecular formula is C14H21NO4S2. The number of nitrogens with two attached hydrogens (primary N) is 1. The van der Waals surface area contributed by atoms with E-state index in [0.717, 1.165) is 31.8 Å². The van der Waals surface area contributed by atoms with Gasteiger partial charge in [0.15, 0.2) is 19.7 Å². The summed E-state index contributed by atoms with van der Waals surface area (Å²) in [6.45, 7) is 0. The Labute approximate surface area is 126 Å². The smallest absolute Gasteiger partial charge is 0.177 e. The highest BCUT2D eigenvalue weighted by atomic mass is 32.2. The van der Waals surface area contributed by atoms with Crippen LogP contribution in [-0.2, 0) is 25.2 Å². The zero-order chi connectivity index (χ0) is 15.9. The molecule has 1 aromatic carbocycles. The Morgan fingerprint density at radius 1 is 0.952 bits per heavy atom. The molecule has 1 aliphatic rings. The second-order valence-corrected chi connectivity index (χ2v) is 9.83. The van der Waals surface area contributed by atoms with E-state index in [1.165, 1.54) is 6.07 Å². The van der Waals surface area contributed by atoms with Gasteiger partial charge in [0.05, 0.1) is 9.79 Å². The largest absolute Gasteiger partial charge is 0.321 e. The van der Waals surface area contributed by atoms with Crippen molar-refractivity contribution in [1.29, 1.82) is 0 Å². The summed E-state index contributed by atoms with van der Waals surface area (Å²) in [5.74, 6) is 0. The van der Waals surface area contributed by atoms with E-state index in [4.69, 9.17) is 5.73 Å². The van der Waals surface area contributed by atoms with Gasteiger partial charge in [-0.25, -0.2) is 16.8 Å². The Kier molecular flexibility index (Phi) is 4.21. The lowest BCUT2D eigenvalue weighted by Gasteiger charge is -2.35. The van der Waals surface area contributed by atoms with Crippen LogP contribution in [0.2, 0.25) is 0 Å². The second-order valence-electron chi connectivity index (χ2n) is 5.89. The molecule has 2 N–H and O–H groups in total. The molecule has 1 aliphatic carbocycles. The van der Waals surface area contributed by atoms with Crippen molar-refractivity contribution >= 4 is 19.7 Å². The molecule has 0 heterocycles. The van der Waals surface area contributed by atoms with Gasteiger partial charge in [-0.2, -0.15) is 0 Å². The molecule has 21 heavy (non-hydrogen) atoms. The summed E-state index contributed by atoms with van der Waals surface area (Å²) in [5, 5.41) is 0. The highest BCUT2D eigenvalue weighted by Crippen LogP contribution is 2.39. The van der Waals surface area contributed by atoms with Gasteiger partial charge in [-0.15, -0.1) is 0 Å². The maximum absolute atomic E-state index is 12.2. The third kappa shape index (κ3) is 3.30.